The largest absolute Gasteiger partial charge is 0.446 e. The number of carbonyl (C=O) groups excluding carboxylic acids is 2. The van der Waals surface area contributed by atoms with Crippen LogP contribution < -0.4 is 10.6 Å². The normalized spacial score (nSPS) is 11.0. The van der Waals surface area contributed by atoms with Gasteiger partial charge in [0.25, 0.3) is 11.8 Å². The van der Waals surface area contributed by atoms with Crippen LogP contribution in [0.4, 0.5) is 5.82 Å². The number of halogens is 1. The third-order valence-corrected chi connectivity index (χ3v) is 6.57. The van der Waals surface area contributed by atoms with Crippen molar-refractivity contribution in [3.05, 3.63) is 106 Å². The van der Waals surface area contributed by atoms with E-state index in [4.69, 9.17) is 21.0 Å². The smallest absolute Gasteiger partial charge is 0.257 e. The zero-order valence-electron chi connectivity index (χ0n) is 21.7. The molecule has 0 aliphatic carbocycles. The number of pyridine rings is 2. The highest BCUT2D eigenvalue weighted by Crippen LogP contribution is 2.31. The molecule has 0 atom stereocenters. The van der Waals surface area contributed by atoms with E-state index in [1.54, 1.807) is 37.4 Å². The molecule has 9 heteroatoms. The minimum Gasteiger partial charge on any atom is -0.446 e. The summed E-state index contributed by atoms with van der Waals surface area (Å²) in [6, 6.07) is 16.3. The van der Waals surface area contributed by atoms with Crippen LogP contribution in [0.3, 0.4) is 0 Å². The van der Waals surface area contributed by atoms with E-state index in [-0.39, 0.29) is 11.8 Å². The third-order valence-electron chi connectivity index (χ3n) is 6.24. The molecule has 3 aromatic heterocycles. The van der Waals surface area contributed by atoms with Crippen molar-refractivity contribution in [2.24, 2.45) is 0 Å². The Morgan fingerprint density at radius 2 is 1.77 bits per heavy atom. The minimum atomic E-state index is -0.340. The molecule has 5 aromatic rings. The number of amides is 2. The molecule has 0 unspecified atom stereocenters. The van der Waals surface area contributed by atoms with E-state index in [0.29, 0.717) is 52.3 Å². The number of anilines is 1. The first-order valence-corrected chi connectivity index (χ1v) is 12.8. The number of aromatic nitrogens is 3. The highest BCUT2D eigenvalue weighted by Gasteiger charge is 2.18. The first-order chi connectivity index (χ1) is 18.8. The summed E-state index contributed by atoms with van der Waals surface area (Å²) in [6.45, 7) is 6.12. The fourth-order valence-electron chi connectivity index (χ4n) is 4.38. The lowest BCUT2D eigenvalue weighted by molar-refractivity contribution is 0.0952. The van der Waals surface area contributed by atoms with E-state index in [9.17, 15) is 9.59 Å². The lowest BCUT2D eigenvalue weighted by Gasteiger charge is -2.13. The molecule has 0 radical (unpaired) electrons. The predicted octanol–water partition coefficient (Wildman–Crippen LogP) is 6.09. The summed E-state index contributed by atoms with van der Waals surface area (Å²) in [7, 11) is 0. The number of oxazole rings is 1. The lowest BCUT2D eigenvalue weighted by atomic mass is 9.99. The van der Waals surface area contributed by atoms with Gasteiger partial charge >= 0.3 is 0 Å². The van der Waals surface area contributed by atoms with Gasteiger partial charge in [0, 0.05) is 42.1 Å². The van der Waals surface area contributed by atoms with Gasteiger partial charge in [-0.1, -0.05) is 41.4 Å². The summed E-state index contributed by atoms with van der Waals surface area (Å²) in [5.74, 6) is 1.00. The van der Waals surface area contributed by atoms with E-state index in [1.807, 2.05) is 44.2 Å². The topological polar surface area (TPSA) is 110 Å². The van der Waals surface area contributed by atoms with Crippen molar-refractivity contribution in [3.8, 4) is 11.3 Å². The minimum absolute atomic E-state index is 0.271. The average molecular weight is 540 g/mol. The Morgan fingerprint density at radius 1 is 0.949 bits per heavy atom. The van der Waals surface area contributed by atoms with Gasteiger partial charge in [0.1, 0.15) is 11.6 Å². The Bertz CT molecular complexity index is 1700. The van der Waals surface area contributed by atoms with Crippen molar-refractivity contribution in [3.63, 3.8) is 0 Å². The highest BCUT2D eigenvalue weighted by molar-refractivity contribution is 6.33. The van der Waals surface area contributed by atoms with Crippen molar-refractivity contribution in [2.75, 3.05) is 11.9 Å². The number of nitrogens with one attached hydrogen (secondary N) is 2. The maximum Gasteiger partial charge on any atom is 0.257 e. The molecule has 0 aliphatic heterocycles. The maximum atomic E-state index is 13.5. The number of benzene rings is 2. The van der Waals surface area contributed by atoms with Crippen molar-refractivity contribution < 1.29 is 14.0 Å². The van der Waals surface area contributed by atoms with E-state index in [1.165, 1.54) is 6.20 Å². The van der Waals surface area contributed by atoms with Gasteiger partial charge in [-0.15, -0.1) is 0 Å². The predicted molar refractivity (Wildman–Crippen MR) is 151 cm³/mol. The molecule has 3 heterocycles. The van der Waals surface area contributed by atoms with Crippen LogP contribution in [0.15, 0.2) is 71.4 Å². The number of fused-ring (bicyclic) bond motifs is 1. The van der Waals surface area contributed by atoms with Crippen LogP contribution in [-0.2, 0) is 6.42 Å². The lowest BCUT2D eigenvalue weighted by Crippen LogP contribution is -2.25. The number of hydrogen-bond donors (Lipinski definition) is 2. The molecule has 0 fully saturated rings. The second-order valence-electron chi connectivity index (χ2n) is 9.25. The molecule has 8 nitrogen and oxygen atoms in total. The Hall–Kier alpha value is -4.56. The second kappa shape index (κ2) is 11.0. The quantitative estimate of drug-likeness (QED) is 0.259. The van der Waals surface area contributed by atoms with Crippen LogP contribution in [0.5, 0.6) is 0 Å². The Balaban J connectivity index is 1.36. The van der Waals surface area contributed by atoms with Gasteiger partial charge in [0.15, 0.2) is 5.89 Å². The summed E-state index contributed by atoms with van der Waals surface area (Å²) < 4.78 is 5.41. The summed E-state index contributed by atoms with van der Waals surface area (Å²) in [6.07, 6.45) is 3.60. The van der Waals surface area contributed by atoms with E-state index in [0.717, 1.165) is 27.6 Å². The van der Waals surface area contributed by atoms with Crippen LogP contribution in [-0.4, -0.2) is 33.3 Å². The van der Waals surface area contributed by atoms with Gasteiger partial charge in [-0.3, -0.25) is 9.59 Å². The van der Waals surface area contributed by atoms with Crippen LogP contribution in [0.25, 0.3) is 22.2 Å². The Kier molecular flexibility index (Phi) is 7.38. The molecule has 0 spiro atoms. The van der Waals surface area contributed by atoms with Gasteiger partial charge < -0.3 is 15.1 Å². The van der Waals surface area contributed by atoms with Gasteiger partial charge in [-0.05, 0) is 49.7 Å². The van der Waals surface area contributed by atoms with E-state index >= 15 is 0 Å². The maximum absolute atomic E-state index is 13.5. The van der Waals surface area contributed by atoms with Crippen LogP contribution in [0.1, 0.15) is 43.5 Å². The van der Waals surface area contributed by atoms with Gasteiger partial charge in [0.05, 0.1) is 28.5 Å². The van der Waals surface area contributed by atoms with E-state index in [2.05, 4.69) is 20.6 Å². The van der Waals surface area contributed by atoms with Crippen LogP contribution in [0, 0.1) is 20.8 Å². The molecule has 0 bridgehead atoms. The van der Waals surface area contributed by atoms with Crippen LogP contribution >= 0.6 is 11.6 Å². The van der Waals surface area contributed by atoms with Crippen molar-refractivity contribution in [2.45, 2.75) is 27.2 Å². The summed E-state index contributed by atoms with van der Waals surface area (Å²) in [4.78, 5) is 39.2. The highest BCUT2D eigenvalue weighted by atomic mass is 35.5. The number of aryl methyl sites for hydroxylation is 3. The zero-order chi connectivity index (χ0) is 27.5. The second-order valence-corrected chi connectivity index (χ2v) is 9.66. The number of nitrogens with zero attached hydrogens (tertiary/aromatic N) is 3. The molecular weight excluding hydrogens is 514 g/mol. The Morgan fingerprint density at radius 3 is 2.49 bits per heavy atom. The Labute approximate surface area is 230 Å². The van der Waals surface area contributed by atoms with Crippen molar-refractivity contribution >= 4 is 40.1 Å². The first-order valence-electron chi connectivity index (χ1n) is 12.4. The first kappa shape index (κ1) is 26.1. The summed E-state index contributed by atoms with van der Waals surface area (Å²) >= 11 is 6.45. The van der Waals surface area contributed by atoms with Gasteiger partial charge in [0.2, 0.25) is 0 Å². The molecule has 2 aromatic carbocycles. The molecule has 0 saturated heterocycles. The standard InChI is InChI=1S/C30H26ClN5O3/c1-17-12-18(2)28-23(13-17)24(14-26(35-28)22-6-4-5-7-25(22)31)30(38)36-27-9-8-20(15-34-27)29(37)32-11-10-21-16-33-19(3)39-21/h4-9,12-16H,10-11H2,1-3H3,(H,32,37)(H,34,36,38). The monoisotopic (exact) mass is 539 g/mol. The number of carbonyl (C=O) groups is 2. The molecule has 2 amide bonds. The molecule has 0 aliphatic rings. The SMILES string of the molecule is Cc1cc(C)c2nc(-c3ccccc3Cl)cc(C(=O)Nc3ccc(C(=O)NCCc4cnc(C)o4)cn3)c2c1. The fraction of sp³-hybridized carbons (Fsp3) is 0.167. The van der Waals surface area contributed by atoms with Gasteiger partial charge in [-0.25, -0.2) is 15.0 Å². The van der Waals surface area contributed by atoms with Crippen molar-refractivity contribution in [1.29, 1.82) is 0 Å². The molecule has 5 rings (SSSR count). The summed E-state index contributed by atoms with van der Waals surface area (Å²) in [5, 5.41) is 6.96. The molecule has 196 valence electrons. The molecule has 39 heavy (non-hydrogen) atoms. The van der Waals surface area contributed by atoms with Gasteiger partial charge in [-0.2, -0.15) is 0 Å². The zero-order valence-corrected chi connectivity index (χ0v) is 22.5. The van der Waals surface area contributed by atoms with Crippen LogP contribution in [0.2, 0.25) is 5.02 Å². The number of hydrogen-bond acceptors (Lipinski definition) is 6. The molecular formula is C30H26ClN5O3. The third kappa shape index (κ3) is 5.81. The van der Waals surface area contributed by atoms with E-state index < -0.39 is 0 Å². The number of rotatable bonds is 7. The fourth-order valence-corrected chi connectivity index (χ4v) is 4.62. The van der Waals surface area contributed by atoms with Crippen molar-refractivity contribution in [1.82, 2.24) is 20.3 Å². The molecule has 2 N–H and O–H groups in total. The average Bonchev–Trinajstić information content (AvgIpc) is 3.33. The molecule has 0 saturated carbocycles. The summed E-state index contributed by atoms with van der Waals surface area (Å²) in [5.41, 5.74) is 4.88.